The van der Waals surface area contributed by atoms with Gasteiger partial charge in [-0.25, -0.2) is 9.18 Å². The second-order valence-corrected chi connectivity index (χ2v) is 7.16. The Morgan fingerprint density at radius 2 is 1.83 bits per heavy atom. The highest BCUT2D eigenvalue weighted by molar-refractivity contribution is 5.94. The fourth-order valence-corrected chi connectivity index (χ4v) is 2.19. The molecule has 6 heteroatoms. The van der Waals surface area contributed by atoms with Crippen LogP contribution < -0.4 is 10.6 Å². The predicted molar refractivity (Wildman–Crippen MR) is 91.3 cm³/mol. The minimum absolute atomic E-state index is 0.0157. The van der Waals surface area contributed by atoms with Crippen molar-refractivity contribution < 1.29 is 18.7 Å². The lowest BCUT2D eigenvalue weighted by Crippen LogP contribution is -2.46. The molecule has 0 aliphatic heterocycles. The largest absolute Gasteiger partial charge is 0.444 e. The molecule has 0 aliphatic rings. The van der Waals surface area contributed by atoms with E-state index in [4.69, 9.17) is 4.74 Å². The zero-order valence-electron chi connectivity index (χ0n) is 15.0. The molecule has 1 atom stereocenters. The lowest BCUT2D eigenvalue weighted by molar-refractivity contribution is 0.0496. The lowest BCUT2D eigenvalue weighted by Gasteiger charge is -2.25. The Bertz CT molecular complexity index is 568. The molecule has 1 rings (SSSR count). The number of halogens is 1. The van der Waals surface area contributed by atoms with Crippen LogP contribution in [-0.2, 0) is 4.74 Å². The van der Waals surface area contributed by atoms with Gasteiger partial charge in [0.05, 0.1) is 5.56 Å². The molecule has 134 valence electrons. The van der Waals surface area contributed by atoms with Crippen molar-refractivity contribution in [3.05, 3.63) is 35.6 Å². The summed E-state index contributed by atoms with van der Waals surface area (Å²) >= 11 is 0. The topological polar surface area (TPSA) is 67.4 Å². The minimum Gasteiger partial charge on any atom is -0.444 e. The second kappa shape index (κ2) is 8.66. The number of carbonyl (C=O) groups is 2. The molecule has 0 saturated carbocycles. The number of hydrogen-bond acceptors (Lipinski definition) is 3. The first-order valence-electron chi connectivity index (χ1n) is 8.10. The number of ether oxygens (including phenoxy) is 1. The van der Waals surface area contributed by atoms with Crippen LogP contribution in [0.1, 0.15) is 51.4 Å². The summed E-state index contributed by atoms with van der Waals surface area (Å²) in [6, 6.07) is 5.49. The SMILES string of the molecule is CC(C)C[C@@H](CNC(=O)c1ccccc1F)NC(=O)OC(C)(C)C. The Hall–Kier alpha value is -2.11. The van der Waals surface area contributed by atoms with Crippen molar-refractivity contribution in [2.24, 2.45) is 5.92 Å². The van der Waals surface area contributed by atoms with Crippen molar-refractivity contribution in [1.82, 2.24) is 10.6 Å². The first-order valence-corrected chi connectivity index (χ1v) is 8.10. The third-order valence-corrected chi connectivity index (χ3v) is 3.10. The molecule has 0 fully saturated rings. The number of benzene rings is 1. The number of carbonyl (C=O) groups excluding carboxylic acids is 2. The third-order valence-electron chi connectivity index (χ3n) is 3.10. The molecule has 2 amide bonds. The molecule has 1 aromatic rings. The summed E-state index contributed by atoms with van der Waals surface area (Å²) in [6.07, 6.45) is 0.129. The first-order chi connectivity index (χ1) is 11.1. The Kier molecular flexibility index (Phi) is 7.19. The van der Waals surface area contributed by atoms with Crippen molar-refractivity contribution >= 4 is 12.0 Å². The maximum Gasteiger partial charge on any atom is 0.407 e. The zero-order chi connectivity index (χ0) is 18.3. The Morgan fingerprint density at radius 1 is 1.21 bits per heavy atom. The summed E-state index contributed by atoms with van der Waals surface area (Å²) in [7, 11) is 0. The number of hydrogen-bond donors (Lipinski definition) is 2. The molecule has 24 heavy (non-hydrogen) atoms. The summed E-state index contributed by atoms with van der Waals surface area (Å²) in [5, 5.41) is 5.42. The van der Waals surface area contributed by atoms with Gasteiger partial charge in [-0.1, -0.05) is 26.0 Å². The van der Waals surface area contributed by atoms with E-state index < -0.39 is 23.4 Å². The summed E-state index contributed by atoms with van der Waals surface area (Å²) in [6.45, 7) is 9.58. The van der Waals surface area contributed by atoms with Gasteiger partial charge in [0.15, 0.2) is 0 Å². The molecule has 0 heterocycles. The van der Waals surface area contributed by atoms with E-state index in [9.17, 15) is 14.0 Å². The molecule has 2 N–H and O–H groups in total. The maximum absolute atomic E-state index is 13.6. The Morgan fingerprint density at radius 3 is 2.38 bits per heavy atom. The minimum atomic E-state index is -0.594. The van der Waals surface area contributed by atoms with Gasteiger partial charge in [0.1, 0.15) is 11.4 Å². The molecule has 0 aliphatic carbocycles. The molecule has 0 spiro atoms. The van der Waals surface area contributed by atoms with E-state index in [1.807, 2.05) is 13.8 Å². The van der Waals surface area contributed by atoms with E-state index in [0.29, 0.717) is 12.3 Å². The third kappa shape index (κ3) is 7.44. The average molecular weight is 338 g/mol. The molecule has 0 saturated heterocycles. The van der Waals surface area contributed by atoms with Crippen LogP contribution >= 0.6 is 0 Å². The smallest absolute Gasteiger partial charge is 0.407 e. The van der Waals surface area contributed by atoms with E-state index in [2.05, 4.69) is 10.6 Å². The van der Waals surface area contributed by atoms with Crippen molar-refractivity contribution in [2.75, 3.05) is 6.54 Å². The number of rotatable bonds is 6. The fourth-order valence-electron chi connectivity index (χ4n) is 2.19. The summed E-state index contributed by atoms with van der Waals surface area (Å²) < 4.78 is 18.9. The lowest BCUT2D eigenvalue weighted by atomic mass is 10.0. The van der Waals surface area contributed by atoms with E-state index >= 15 is 0 Å². The Labute approximate surface area is 143 Å². The summed E-state index contributed by atoms with van der Waals surface area (Å²) in [4.78, 5) is 24.0. The summed E-state index contributed by atoms with van der Waals surface area (Å²) in [5.74, 6) is -0.765. The van der Waals surface area contributed by atoms with Crippen LogP contribution in [0.25, 0.3) is 0 Å². The highest BCUT2D eigenvalue weighted by Gasteiger charge is 2.21. The zero-order valence-corrected chi connectivity index (χ0v) is 15.0. The van der Waals surface area contributed by atoms with Gasteiger partial charge in [-0.05, 0) is 45.2 Å². The fraction of sp³-hybridized carbons (Fsp3) is 0.556. The van der Waals surface area contributed by atoms with Crippen molar-refractivity contribution in [3.63, 3.8) is 0 Å². The van der Waals surface area contributed by atoms with Crippen LogP contribution in [0.5, 0.6) is 0 Å². The van der Waals surface area contributed by atoms with Gasteiger partial charge >= 0.3 is 6.09 Å². The van der Waals surface area contributed by atoms with Crippen molar-refractivity contribution in [1.29, 1.82) is 0 Å². The average Bonchev–Trinajstić information content (AvgIpc) is 2.42. The van der Waals surface area contributed by atoms with Crippen LogP contribution in [0.15, 0.2) is 24.3 Å². The second-order valence-electron chi connectivity index (χ2n) is 7.16. The van der Waals surface area contributed by atoms with E-state index in [0.717, 1.165) is 0 Å². The molecular weight excluding hydrogens is 311 g/mol. The van der Waals surface area contributed by atoms with Crippen molar-refractivity contribution in [2.45, 2.75) is 52.7 Å². The van der Waals surface area contributed by atoms with Crippen LogP contribution in [0.3, 0.4) is 0 Å². The molecule has 0 unspecified atom stereocenters. The number of alkyl carbamates (subject to hydrolysis) is 1. The monoisotopic (exact) mass is 338 g/mol. The van der Waals surface area contributed by atoms with Crippen LogP contribution in [0.2, 0.25) is 0 Å². The van der Waals surface area contributed by atoms with Gasteiger partial charge in [-0.3, -0.25) is 4.79 Å². The highest BCUT2D eigenvalue weighted by atomic mass is 19.1. The molecular formula is C18H27FN2O3. The van der Waals surface area contributed by atoms with Gasteiger partial charge in [0, 0.05) is 12.6 Å². The standard InChI is InChI=1S/C18H27FN2O3/c1-12(2)10-13(21-17(23)24-18(3,4)5)11-20-16(22)14-8-6-7-9-15(14)19/h6-9,12-13H,10-11H2,1-5H3,(H,20,22)(H,21,23)/t13-/m0/s1. The van der Waals surface area contributed by atoms with Crippen LogP contribution in [0.4, 0.5) is 9.18 Å². The first kappa shape index (κ1) is 19.9. The van der Waals surface area contributed by atoms with Gasteiger partial charge in [0.25, 0.3) is 5.91 Å². The predicted octanol–water partition coefficient (Wildman–Crippen LogP) is 3.49. The number of nitrogens with one attached hydrogen (secondary N) is 2. The van der Waals surface area contributed by atoms with Crippen molar-refractivity contribution in [3.8, 4) is 0 Å². The molecule has 0 aromatic heterocycles. The molecule has 5 nitrogen and oxygen atoms in total. The molecule has 0 radical (unpaired) electrons. The van der Waals surface area contributed by atoms with E-state index in [1.165, 1.54) is 18.2 Å². The Balaban J connectivity index is 2.64. The molecule has 0 bridgehead atoms. The van der Waals surface area contributed by atoms with E-state index in [1.54, 1.807) is 26.8 Å². The van der Waals surface area contributed by atoms with Gasteiger partial charge in [0.2, 0.25) is 0 Å². The van der Waals surface area contributed by atoms with Gasteiger partial charge < -0.3 is 15.4 Å². The van der Waals surface area contributed by atoms with E-state index in [-0.39, 0.29) is 18.2 Å². The highest BCUT2D eigenvalue weighted by Crippen LogP contribution is 2.10. The normalized spacial score (nSPS) is 12.6. The van der Waals surface area contributed by atoms with Crippen LogP contribution in [0, 0.1) is 11.7 Å². The van der Waals surface area contributed by atoms with Gasteiger partial charge in [-0.2, -0.15) is 0 Å². The quantitative estimate of drug-likeness (QED) is 0.834. The summed E-state index contributed by atoms with van der Waals surface area (Å²) in [5.41, 5.74) is -0.610. The van der Waals surface area contributed by atoms with Crippen LogP contribution in [-0.4, -0.2) is 30.2 Å². The van der Waals surface area contributed by atoms with Gasteiger partial charge in [-0.15, -0.1) is 0 Å². The number of amides is 2. The maximum atomic E-state index is 13.6. The molecule has 1 aromatic carbocycles.